The number of rotatable bonds is 3. The normalized spacial score (nSPS) is 26.6. The van der Waals surface area contributed by atoms with E-state index in [9.17, 15) is 0 Å². The summed E-state index contributed by atoms with van der Waals surface area (Å²) >= 11 is 0. The fourth-order valence-corrected chi connectivity index (χ4v) is 3.57. The Morgan fingerprint density at radius 3 is 2.80 bits per heavy atom. The number of aromatic nitrogens is 2. The molecule has 2 unspecified atom stereocenters. The van der Waals surface area contributed by atoms with E-state index in [1.165, 1.54) is 56.2 Å². The van der Waals surface area contributed by atoms with Crippen molar-refractivity contribution in [2.45, 2.75) is 63.8 Å². The zero-order valence-corrected chi connectivity index (χ0v) is 12.3. The molecule has 0 spiro atoms. The minimum absolute atomic E-state index is 0.358. The average molecular weight is 274 g/mol. The number of anilines is 1. The highest BCUT2D eigenvalue weighted by molar-refractivity contribution is 5.46. The number of aryl methyl sites for hydroxylation is 1. The largest absolute Gasteiger partial charge is 0.369 e. The van der Waals surface area contributed by atoms with E-state index in [1.807, 2.05) is 0 Å². The Hall–Kier alpha value is -1.16. The summed E-state index contributed by atoms with van der Waals surface area (Å²) in [5.41, 5.74) is 8.85. The van der Waals surface area contributed by atoms with Crippen LogP contribution in [-0.4, -0.2) is 22.6 Å². The van der Waals surface area contributed by atoms with Gasteiger partial charge >= 0.3 is 0 Å². The van der Waals surface area contributed by atoms with E-state index >= 15 is 0 Å². The molecular formula is C16H26N4. The minimum Gasteiger partial charge on any atom is -0.369 e. The quantitative estimate of drug-likeness (QED) is 0.832. The summed E-state index contributed by atoms with van der Waals surface area (Å²) in [6.07, 6.45) is 12.8. The highest BCUT2D eigenvalue weighted by Gasteiger charge is 2.22. The molecule has 1 heterocycles. The van der Waals surface area contributed by atoms with Gasteiger partial charge in [-0.1, -0.05) is 19.3 Å². The second-order valence-corrected chi connectivity index (χ2v) is 6.30. The van der Waals surface area contributed by atoms with Crippen molar-refractivity contribution >= 4 is 5.82 Å². The van der Waals surface area contributed by atoms with Gasteiger partial charge in [-0.25, -0.2) is 9.97 Å². The highest BCUT2D eigenvalue weighted by atomic mass is 15.0. The van der Waals surface area contributed by atoms with Crippen molar-refractivity contribution in [3.05, 3.63) is 17.6 Å². The average Bonchev–Trinajstić information content (AvgIpc) is 2.72. The van der Waals surface area contributed by atoms with Gasteiger partial charge in [0, 0.05) is 23.8 Å². The summed E-state index contributed by atoms with van der Waals surface area (Å²) in [6.45, 7) is 0.963. The fraction of sp³-hybridized carbons (Fsp3) is 0.750. The van der Waals surface area contributed by atoms with Gasteiger partial charge in [-0.3, -0.25) is 0 Å². The number of nitrogens with one attached hydrogen (secondary N) is 1. The second kappa shape index (κ2) is 6.53. The first-order valence-electron chi connectivity index (χ1n) is 8.17. The third-order valence-electron chi connectivity index (χ3n) is 4.87. The maximum atomic E-state index is 6.23. The van der Waals surface area contributed by atoms with Crippen molar-refractivity contribution < 1.29 is 0 Å². The summed E-state index contributed by atoms with van der Waals surface area (Å²) in [5, 5.41) is 3.57. The Morgan fingerprint density at radius 2 is 1.90 bits per heavy atom. The number of hydrogen-bond donors (Lipinski definition) is 2. The number of nitrogens with two attached hydrogens (primary N) is 1. The van der Waals surface area contributed by atoms with Crippen molar-refractivity contribution in [2.24, 2.45) is 11.7 Å². The molecule has 0 radical (unpaired) electrons. The monoisotopic (exact) mass is 274 g/mol. The maximum Gasteiger partial charge on any atom is 0.132 e. The Labute approximate surface area is 121 Å². The lowest BCUT2D eigenvalue weighted by molar-refractivity contribution is 0.321. The summed E-state index contributed by atoms with van der Waals surface area (Å²) < 4.78 is 0. The lowest BCUT2D eigenvalue weighted by atomic mass is 9.85. The van der Waals surface area contributed by atoms with E-state index in [2.05, 4.69) is 15.3 Å². The molecule has 1 fully saturated rings. The molecule has 3 rings (SSSR count). The first-order valence-corrected chi connectivity index (χ1v) is 8.17. The first kappa shape index (κ1) is 13.8. The van der Waals surface area contributed by atoms with Crippen LogP contribution in [0.4, 0.5) is 5.82 Å². The van der Waals surface area contributed by atoms with Crippen molar-refractivity contribution in [3.63, 3.8) is 0 Å². The van der Waals surface area contributed by atoms with Crippen LogP contribution in [-0.2, 0) is 12.8 Å². The molecule has 2 aliphatic rings. The molecule has 4 heteroatoms. The van der Waals surface area contributed by atoms with Gasteiger partial charge in [-0.05, 0) is 44.4 Å². The molecule has 1 saturated carbocycles. The third kappa shape index (κ3) is 3.11. The van der Waals surface area contributed by atoms with Gasteiger partial charge in [0.25, 0.3) is 0 Å². The predicted molar refractivity (Wildman–Crippen MR) is 81.7 cm³/mol. The van der Waals surface area contributed by atoms with Gasteiger partial charge in [-0.2, -0.15) is 0 Å². The van der Waals surface area contributed by atoms with Crippen LogP contribution in [0.3, 0.4) is 0 Å². The Morgan fingerprint density at radius 1 is 1.05 bits per heavy atom. The van der Waals surface area contributed by atoms with Gasteiger partial charge in [0.2, 0.25) is 0 Å². The van der Waals surface area contributed by atoms with Crippen LogP contribution in [0.2, 0.25) is 0 Å². The lowest BCUT2D eigenvalue weighted by Gasteiger charge is -2.29. The Kier molecular flexibility index (Phi) is 4.51. The van der Waals surface area contributed by atoms with Crippen LogP contribution in [0.1, 0.15) is 56.2 Å². The molecule has 0 bridgehead atoms. The second-order valence-electron chi connectivity index (χ2n) is 6.30. The Bertz CT molecular complexity index is 446. The van der Waals surface area contributed by atoms with Crippen LogP contribution in [0.5, 0.6) is 0 Å². The molecular weight excluding hydrogens is 248 g/mol. The van der Waals surface area contributed by atoms with Crippen molar-refractivity contribution in [2.75, 3.05) is 11.9 Å². The van der Waals surface area contributed by atoms with E-state index in [-0.39, 0.29) is 0 Å². The smallest absolute Gasteiger partial charge is 0.132 e. The molecule has 3 N–H and O–H groups in total. The number of nitrogens with zero attached hydrogens (tertiary/aromatic N) is 2. The van der Waals surface area contributed by atoms with Gasteiger partial charge in [0.05, 0.1) is 0 Å². The van der Waals surface area contributed by atoms with E-state index < -0.39 is 0 Å². The molecule has 4 nitrogen and oxygen atoms in total. The standard InChI is InChI=1S/C16H26N4/c17-14-8-5-4-6-12(14)10-18-16-13-7-2-1-3-9-15(13)19-11-20-16/h11-12,14H,1-10,17H2,(H,18,19,20). The number of fused-ring (bicyclic) bond motifs is 1. The SMILES string of the molecule is NC1CCCCC1CNc1ncnc2c1CCCCC2. The van der Waals surface area contributed by atoms with Gasteiger partial charge in [-0.15, -0.1) is 0 Å². The summed E-state index contributed by atoms with van der Waals surface area (Å²) in [5.74, 6) is 1.66. The highest BCUT2D eigenvalue weighted by Crippen LogP contribution is 2.26. The molecule has 20 heavy (non-hydrogen) atoms. The summed E-state index contributed by atoms with van der Waals surface area (Å²) in [4.78, 5) is 8.95. The van der Waals surface area contributed by atoms with Gasteiger partial charge in [0.15, 0.2) is 0 Å². The van der Waals surface area contributed by atoms with E-state index in [1.54, 1.807) is 6.33 Å². The molecule has 2 atom stereocenters. The molecule has 0 aliphatic heterocycles. The van der Waals surface area contributed by atoms with E-state index in [0.717, 1.165) is 25.2 Å². The molecule has 0 saturated heterocycles. The van der Waals surface area contributed by atoms with Crippen LogP contribution in [0, 0.1) is 5.92 Å². The van der Waals surface area contributed by atoms with Crippen LogP contribution in [0.25, 0.3) is 0 Å². The summed E-state index contributed by atoms with van der Waals surface area (Å²) in [6, 6.07) is 0.358. The van der Waals surface area contributed by atoms with E-state index in [4.69, 9.17) is 5.73 Å². The lowest BCUT2D eigenvalue weighted by Crippen LogP contribution is -2.37. The third-order valence-corrected chi connectivity index (χ3v) is 4.87. The minimum atomic E-state index is 0.358. The van der Waals surface area contributed by atoms with Crippen LogP contribution < -0.4 is 11.1 Å². The van der Waals surface area contributed by atoms with Gasteiger partial charge in [0.1, 0.15) is 12.1 Å². The topological polar surface area (TPSA) is 63.8 Å². The summed E-state index contributed by atoms with van der Waals surface area (Å²) in [7, 11) is 0. The van der Waals surface area contributed by atoms with Crippen molar-refractivity contribution in [3.8, 4) is 0 Å². The van der Waals surface area contributed by atoms with Crippen LogP contribution >= 0.6 is 0 Å². The Balaban J connectivity index is 1.68. The molecule has 1 aromatic rings. The fourth-order valence-electron chi connectivity index (χ4n) is 3.57. The predicted octanol–water partition coefficient (Wildman–Crippen LogP) is 2.67. The number of hydrogen-bond acceptors (Lipinski definition) is 4. The zero-order chi connectivity index (χ0) is 13.8. The molecule has 0 amide bonds. The molecule has 1 aromatic heterocycles. The van der Waals surface area contributed by atoms with Gasteiger partial charge < -0.3 is 11.1 Å². The molecule has 0 aromatic carbocycles. The van der Waals surface area contributed by atoms with Crippen molar-refractivity contribution in [1.29, 1.82) is 0 Å². The van der Waals surface area contributed by atoms with E-state index in [0.29, 0.717) is 12.0 Å². The maximum absolute atomic E-state index is 6.23. The van der Waals surface area contributed by atoms with Crippen molar-refractivity contribution in [1.82, 2.24) is 9.97 Å². The first-order chi connectivity index (χ1) is 9.84. The molecule has 110 valence electrons. The molecule has 2 aliphatic carbocycles. The zero-order valence-electron chi connectivity index (χ0n) is 12.3. The van der Waals surface area contributed by atoms with Crippen LogP contribution in [0.15, 0.2) is 6.33 Å².